The van der Waals surface area contributed by atoms with Crippen LogP contribution in [0.3, 0.4) is 0 Å². The van der Waals surface area contributed by atoms with Crippen molar-refractivity contribution in [3.05, 3.63) is 12.7 Å². The Bertz CT molecular complexity index is 217. The van der Waals surface area contributed by atoms with Gasteiger partial charge in [-0.1, -0.05) is 6.08 Å². The third-order valence-electron chi connectivity index (χ3n) is 3.16. The standard InChI is InChI=1S/C16H30O4/c1-2-3-4-6-9-17-11-13-19-14-12-18-10-7-5-8-16-15-20-16/h2,16H,1,3-15H2. The van der Waals surface area contributed by atoms with E-state index in [1.165, 1.54) is 12.8 Å². The van der Waals surface area contributed by atoms with Gasteiger partial charge in [-0.25, -0.2) is 0 Å². The van der Waals surface area contributed by atoms with Crippen LogP contribution in [0.4, 0.5) is 0 Å². The maximum atomic E-state index is 5.49. The highest BCUT2D eigenvalue weighted by atomic mass is 16.6. The molecule has 4 heteroatoms. The second-order valence-electron chi connectivity index (χ2n) is 5.07. The molecule has 0 aromatic carbocycles. The summed E-state index contributed by atoms with van der Waals surface area (Å²) >= 11 is 0. The monoisotopic (exact) mass is 286 g/mol. The Morgan fingerprint density at radius 1 is 0.850 bits per heavy atom. The van der Waals surface area contributed by atoms with Crippen molar-refractivity contribution in [1.29, 1.82) is 0 Å². The quantitative estimate of drug-likeness (QED) is 0.248. The van der Waals surface area contributed by atoms with Crippen LogP contribution in [0.15, 0.2) is 12.7 Å². The Morgan fingerprint density at radius 3 is 1.95 bits per heavy atom. The molecule has 1 saturated heterocycles. The summed E-state index contributed by atoms with van der Waals surface area (Å²) < 4.78 is 21.5. The molecule has 1 fully saturated rings. The van der Waals surface area contributed by atoms with Crippen molar-refractivity contribution < 1.29 is 18.9 Å². The molecule has 0 N–H and O–H groups in total. The van der Waals surface area contributed by atoms with Crippen LogP contribution < -0.4 is 0 Å². The largest absolute Gasteiger partial charge is 0.379 e. The van der Waals surface area contributed by atoms with E-state index < -0.39 is 0 Å². The minimum Gasteiger partial charge on any atom is -0.379 e. The van der Waals surface area contributed by atoms with Crippen molar-refractivity contribution >= 4 is 0 Å². The second-order valence-corrected chi connectivity index (χ2v) is 5.07. The van der Waals surface area contributed by atoms with Crippen molar-refractivity contribution in [2.24, 2.45) is 0 Å². The van der Waals surface area contributed by atoms with Crippen molar-refractivity contribution in [2.45, 2.75) is 44.6 Å². The van der Waals surface area contributed by atoms with Gasteiger partial charge < -0.3 is 18.9 Å². The van der Waals surface area contributed by atoms with Gasteiger partial charge in [0.1, 0.15) is 0 Å². The molecule has 1 aliphatic rings. The third-order valence-corrected chi connectivity index (χ3v) is 3.16. The number of epoxide rings is 1. The van der Waals surface area contributed by atoms with E-state index in [9.17, 15) is 0 Å². The zero-order valence-electron chi connectivity index (χ0n) is 12.7. The minimum absolute atomic E-state index is 0.551. The predicted molar refractivity (Wildman–Crippen MR) is 80.1 cm³/mol. The molecule has 1 heterocycles. The fraction of sp³-hybridized carbons (Fsp3) is 0.875. The molecule has 1 rings (SSSR count). The molecule has 0 aromatic rings. The first kappa shape index (κ1) is 17.6. The van der Waals surface area contributed by atoms with Gasteiger partial charge in [-0.05, 0) is 38.5 Å². The summed E-state index contributed by atoms with van der Waals surface area (Å²) in [6.45, 7) is 8.97. The number of rotatable bonds is 16. The number of hydrogen-bond acceptors (Lipinski definition) is 4. The first-order valence-electron chi connectivity index (χ1n) is 7.89. The third kappa shape index (κ3) is 12.6. The molecule has 118 valence electrons. The van der Waals surface area contributed by atoms with Crippen LogP contribution in [0.25, 0.3) is 0 Å². The van der Waals surface area contributed by atoms with E-state index in [0.29, 0.717) is 32.5 Å². The lowest BCUT2D eigenvalue weighted by Crippen LogP contribution is -2.10. The SMILES string of the molecule is C=CCCCCOCCOCCOCCCCC1CO1. The molecule has 20 heavy (non-hydrogen) atoms. The molecule has 0 amide bonds. The van der Waals surface area contributed by atoms with Crippen LogP contribution >= 0.6 is 0 Å². The Hall–Kier alpha value is -0.420. The van der Waals surface area contributed by atoms with E-state index >= 15 is 0 Å². The van der Waals surface area contributed by atoms with Gasteiger partial charge in [0.05, 0.1) is 39.1 Å². The highest BCUT2D eigenvalue weighted by Crippen LogP contribution is 2.16. The van der Waals surface area contributed by atoms with Gasteiger partial charge in [-0.15, -0.1) is 6.58 Å². The van der Waals surface area contributed by atoms with E-state index in [-0.39, 0.29) is 0 Å². The summed E-state index contributed by atoms with van der Waals surface area (Å²) in [5, 5.41) is 0. The first-order chi connectivity index (χ1) is 9.93. The first-order valence-corrected chi connectivity index (χ1v) is 7.89. The predicted octanol–water partition coefficient (Wildman–Crippen LogP) is 2.96. The van der Waals surface area contributed by atoms with Crippen molar-refractivity contribution in [2.75, 3.05) is 46.2 Å². The number of hydrogen-bond donors (Lipinski definition) is 0. The number of unbranched alkanes of at least 4 members (excludes halogenated alkanes) is 3. The van der Waals surface area contributed by atoms with Crippen LogP contribution in [0.5, 0.6) is 0 Å². The molecular weight excluding hydrogens is 256 g/mol. The van der Waals surface area contributed by atoms with Gasteiger partial charge >= 0.3 is 0 Å². The molecule has 0 aliphatic carbocycles. The molecule has 0 bridgehead atoms. The summed E-state index contributed by atoms with van der Waals surface area (Å²) in [5.74, 6) is 0. The molecule has 0 spiro atoms. The van der Waals surface area contributed by atoms with Crippen molar-refractivity contribution in [3.8, 4) is 0 Å². The lowest BCUT2D eigenvalue weighted by molar-refractivity contribution is 0.0133. The fourth-order valence-electron chi connectivity index (χ4n) is 1.85. The highest BCUT2D eigenvalue weighted by molar-refractivity contribution is 4.68. The summed E-state index contributed by atoms with van der Waals surface area (Å²) in [7, 11) is 0. The molecule has 1 unspecified atom stereocenters. The molecule has 0 saturated carbocycles. The van der Waals surface area contributed by atoms with E-state index in [0.717, 1.165) is 45.5 Å². The highest BCUT2D eigenvalue weighted by Gasteiger charge is 2.20. The van der Waals surface area contributed by atoms with Crippen LogP contribution in [0.2, 0.25) is 0 Å². The minimum atomic E-state index is 0.551. The summed E-state index contributed by atoms with van der Waals surface area (Å²) in [5.41, 5.74) is 0. The Labute approximate surface area is 123 Å². The summed E-state index contributed by atoms with van der Waals surface area (Å²) in [6.07, 6.45) is 9.33. The summed E-state index contributed by atoms with van der Waals surface area (Å²) in [4.78, 5) is 0. The smallest absolute Gasteiger partial charge is 0.0810 e. The average Bonchev–Trinajstić information content (AvgIpc) is 3.27. The van der Waals surface area contributed by atoms with Crippen LogP contribution in [0, 0.1) is 0 Å². The molecule has 1 aliphatic heterocycles. The second kappa shape index (κ2) is 13.6. The van der Waals surface area contributed by atoms with E-state index in [1.807, 2.05) is 6.08 Å². The Morgan fingerprint density at radius 2 is 1.40 bits per heavy atom. The number of ether oxygens (including phenoxy) is 4. The van der Waals surface area contributed by atoms with Crippen LogP contribution in [-0.4, -0.2) is 52.4 Å². The molecule has 0 aromatic heterocycles. The normalized spacial score (nSPS) is 17.3. The fourth-order valence-corrected chi connectivity index (χ4v) is 1.85. The van der Waals surface area contributed by atoms with E-state index in [1.54, 1.807) is 0 Å². The zero-order valence-corrected chi connectivity index (χ0v) is 12.7. The maximum Gasteiger partial charge on any atom is 0.0810 e. The van der Waals surface area contributed by atoms with Crippen LogP contribution in [-0.2, 0) is 18.9 Å². The van der Waals surface area contributed by atoms with Gasteiger partial charge in [0.25, 0.3) is 0 Å². The number of allylic oxidation sites excluding steroid dienone is 1. The van der Waals surface area contributed by atoms with Crippen molar-refractivity contribution in [1.82, 2.24) is 0 Å². The van der Waals surface area contributed by atoms with Gasteiger partial charge in [0.15, 0.2) is 0 Å². The average molecular weight is 286 g/mol. The van der Waals surface area contributed by atoms with Crippen molar-refractivity contribution in [3.63, 3.8) is 0 Å². The van der Waals surface area contributed by atoms with Crippen LogP contribution in [0.1, 0.15) is 38.5 Å². The van der Waals surface area contributed by atoms with Gasteiger partial charge in [0.2, 0.25) is 0 Å². The Balaban J connectivity index is 1.61. The lowest BCUT2D eigenvalue weighted by atomic mass is 10.2. The summed E-state index contributed by atoms with van der Waals surface area (Å²) in [6, 6.07) is 0. The lowest BCUT2D eigenvalue weighted by Gasteiger charge is -2.06. The topological polar surface area (TPSA) is 40.2 Å². The Kier molecular flexibility index (Phi) is 12.0. The van der Waals surface area contributed by atoms with Gasteiger partial charge in [-0.3, -0.25) is 0 Å². The van der Waals surface area contributed by atoms with E-state index in [4.69, 9.17) is 18.9 Å². The molecule has 4 nitrogen and oxygen atoms in total. The van der Waals surface area contributed by atoms with Gasteiger partial charge in [0, 0.05) is 13.2 Å². The molecule has 1 atom stereocenters. The molecule has 0 radical (unpaired) electrons. The zero-order chi connectivity index (χ0) is 14.3. The molecular formula is C16H30O4. The van der Waals surface area contributed by atoms with E-state index in [2.05, 4.69) is 6.58 Å². The van der Waals surface area contributed by atoms with Gasteiger partial charge in [-0.2, -0.15) is 0 Å². The maximum absolute atomic E-state index is 5.49.